The molecular formula is C40H38Cl2N4O4. The number of carboxylic acids is 1. The summed E-state index contributed by atoms with van der Waals surface area (Å²) in [6, 6.07) is 18.5. The first-order chi connectivity index (χ1) is 23.9. The molecular weight excluding hydrogens is 671 g/mol. The molecule has 8 nitrogen and oxygen atoms in total. The fourth-order valence-corrected chi connectivity index (χ4v) is 8.00. The first-order valence-electron chi connectivity index (χ1n) is 16.7. The van der Waals surface area contributed by atoms with Crippen molar-refractivity contribution in [1.82, 2.24) is 14.3 Å². The van der Waals surface area contributed by atoms with Crippen LogP contribution in [-0.4, -0.2) is 44.5 Å². The highest BCUT2D eigenvalue weighted by molar-refractivity contribution is 6.35. The average Bonchev–Trinajstić information content (AvgIpc) is 3.55. The van der Waals surface area contributed by atoms with E-state index in [0.29, 0.717) is 41.2 Å². The average molecular weight is 710 g/mol. The Morgan fingerprint density at radius 2 is 1.70 bits per heavy atom. The van der Waals surface area contributed by atoms with Gasteiger partial charge in [0.05, 0.1) is 34.1 Å². The van der Waals surface area contributed by atoms with Crippen molar-refractivity contribution in [1.29, 1.82) is 0 Å². The topological polar surface area (TPSA) is 89.6 Å². The highest BCUT2D eigenvalue weighted by atomic mass is 35.5. The van der Waals surface area contributed by atoms with E-state index in [1.165, 1.54) is 0 Å². The number of amides is 1. The second-order valence-corrected chi connectivity index (χ2v) is 14.0. The molecule has 0 fully saturated rings. The Morgan fingerprint density at radius 1 is 0.980 bits per heavy atom. The number of anilines is 1. The largest absolute Gasteiger partial charge is 0.494 e. The van der Waals surface area contributed by atoms with Gasteiger partial charge >= 0.3 is 5.97 Å². The summed E-state index contributed by atoms with van der Waals surface area (Å²) in [6.45, 7) is 10.7. The maximum atomic E-state index is 14.9. The van der Waals surface area contributed by atoms with Crippen LogP contribution >= 0.6 is 23.2 Å². The quantitative estimate of drug-likeness (QED) is 0.159. The second kappa shape index (κ2) is 12.8. The third kappa shape index (κ3) is 5.42. The second-order valence-electron chi connectivity index (χ2n) is 13.3. The third-order valence-corrected chi connectivity index (χ3v) is 10.9. The van der Waals surface area contributed by atoms with Crippen LogP contribution in [0.2, 0.25) is 10.0 Å². The molecule has 4 aromatic carbocycles. The predicted octanol–water partition coefficient (Wildman–Crippen LogP) is 9.67. The van der Waals surface area contributed by atoms with Crippen LogP contribution in [0.3, 0.4) is 0 Å². The number of carbonyl (C=O) groups excluding carboxylic acids is 1. The van der Waals surface area contributed by atoms with Gasteiger partial charge in [-0.25, -0.2) is 4.79 Å². The lowest BCUT2D eigenvalue weighted by molar-refractivity contribution is 0.0699. The normalized spacial score (nSPS) is 14.5. The Hall–Kier alpha value is -4.79. The summed E-state index contributed by atoms with van der Waals surface area (Å²) in [7, 11) is 1.91. The molecule has 0 aliphatic carbocycles. The number of carboxylic acid groups (broad SMARTS) is 1. The van der Waals surface area contributed by atoms with Crippen LogP contribution in [-0.2, 0) is 13.5 Å². The molecule has 0 radical (unpaired) electrons. The molecule has 1 amide bonds. The number of ether oxygens (including phenoxy) is 1. The number of fused-ring (bicyclic) bond motifs is 4. The molecule has 1 aliphatic rings. The van der Waals surface area contributed by atoms with Gasteiger partial charge in [-0.3, -0.25) is 9.48 Å². The first kappa shape index (κ1) is 33.7. The lowest BCUT2D eigenvalue weighted by Crippen LogP contribution is -2.43. The minimum absolute atomic E-state index is 0.113. The van der Waals surface area contributed by atoms with Crippen molar-refractivity contribution in [2.24, 2.45) is 7.05 Å². The van der Waals surface area contributed by atoms with Gasteiger partial charge < -0.3 is 19.3 Å². The minimum atomic E-state index is -1.08. The van der Waals surface area contributed by atoms with E-state index in [1.807, 2.05) is 88.0 Å². The fourth-order valence-electron chi connectivity index (χ4n) is 7.65. The predicted molar refractivity (Wildman–Crippen MR) is 201 cm³/mol. The van der Waals surface area contributed by atoms with Gasteiger partial charge in [0.25, 0.3) is 5.91 Å². The van der Waals surface area contributed by atoms with Crippen LogP contribution in [0.15, 0.2) is 60.7 Å². The monoisotopic (exact) mass is 708 g/mol. The molecule has 256 valence electrons. The van der Waals surface area contributed by atoms with Gasteiger partial charge in [-0.15, -0.1) is 0 Å². The zero-order valence-corrected chi connectivity index (χ0v) is 30.4. The van der Waals surface area contributed by atoms with Gasteiger partial charge in [0.2, 0.25) is 0 Å². The molecule has 10 heteroatoms. The summed E-state index contributed by atoms with van der Waals surface area (Å²) in [5, 5.41) is 18.8. The zero-order valence-electron chi connectivity index (χ0n) is 28.9. The van der Waals surface area contributed by atoms with Crippen LogP contribution in [0.5, 0.6) is 5.75 Å². The lowest BCUT2D eigenvalue weighted by Gasteiger charge is -2.35. The number of rotatable bonds is 8. The summed E-state index contributed by atoms with van der Waals surface area (Å²) in [5.41, 5.74) is 8.28. The van der Waals surface area contributed by atoms with Crippen molar-refractivity contribution in [3.05, 3.63) is 110 Å². The van der Waals surface area contributed by atoms with E-state index in [-0.39, 0.29) is 24.1 Å². The Bertz CT molecular complexity index is 2350. The van der Waals surface area contributed by atoms with Crippen molar-refractivity contribution in [2.75, 3.05) is 18.1 Å². The van der Waals surface area contributed by atoms with Gasteiger partial charge in [0, 0.05) is 46.9 Å². The number of nitrogens with zero attached hydrogens (tertiary/aromatic N) is 4. The molecule has 6 aromatic rings. The molecule has 0 saturated carbocycles. The number of hydrogen-bond donors (Lipinski definition) is 1. The summed E-state index contributed by atoms with van der Waals surface area (Å²) in [5.74, 6) is -0.582. The summed E-state index contributed by atoms with van der Waals surface area (Å²) in [6.07, 6.45) is 1.18. The van der Waals surface area contributed by atoms with E-state index in [4.69, 9.17) is 33.0 Å². The van der Waals surface area contributed by atoms with Crippen molar-refractivity contribution in [2.45, 2.75) is 53.5 Å². The lowest BCUT2D eigenvalue weighted by atomic mass is 9.98. The van der Waals surface area contributed by atoms with Gasteiger partial charge in [-0.2, -0.15) is 5.10 Å². The van der Waals surface area contributed by atoms with Crippen LogP contribution < -0.4 is 9.64 Å². The van der Waals surface area contributed by atoms with Crippen LogP contribution in [0.1, 0.15) is 68.3 Å². The number of halogens is 2. The van der Waals surface area contributed by atoms with Crippen LogP contribution in [0.4, 0.5) is 5.69 Å². The van der Waals surface area contributed by atoms with E-state index in [2.05, 4.69) is 11.5 Å². The number of aromatic nitrogens is 3. The molecule has 7 rings (SSSR count). The van der Waals surface area contributed by atoms with Crippen molar-refractivity contribution in [3.8, 4) is 16.9 Å². The van der Waals surface area contributed by atoms with Gasteiger partial charge in [0.15, 0.2) is 0 Å². The summed E-state index contributed by atoms with van der Waals surface area (Å²) >= 11 is 13.4. The Balaban J connectivity index is 1.39. The Labute approximate surface area is 300 Å². The van der Waals surface area contributed by atoms with Crippen LogP contribution in [0, 0.1) is 27.7 Å². The molecule has 0 bridgehead atoms. The number of benzene rings is 4. The third-order valence-electron chi connectivity index (χ3n) is 9.98. The first-order valence-corrected chi connectivity index (χ1v) is 17.5. The Kier molecular flexibility index (Phi) is 8.65. The molecule has 1 aliphatic heterocycles. The highest BCUT2D eigenvalue weighted by Gasteiger charge is 2.38. The minimum Gasteiger partial charge on any atom is -0.494 e. The van der Waals surface area contributed by atoms with E-state index in [9.17, 15) is 14.7 Å². The van der Waals surface area contributed by atoms with Crippen LogP contribution in [0.25, 0.3) is 32.8 Å². The van der Waals surface area contributed by atoms with Crippen molar-refractivity contribution < 1.29 is 19.4 Å². The molecule has 0 saturated heterocycles. The molecule has 2 aromatic heterocycles. The van der Waals surface area contributed by atoms with E-state index in [1.54, 1.807) is 17.0 Å². The molecule has 0 spiro atoms. The smallest absolute Gasteiger partial charge is 0.338 e. The van der Waals surface area contributed by atoms with Gasteiger partial charge in [-0.05, 0) is 99.2 Å². The summed E-state index contributed by atoms with van der Waals surface area (Å²) < 4.78 is 10.2. The van der Waals surface area contributed by atoms with E-state index < -0.39 is 5.97 Å². The standard InChI is InChI=1S/C40H38Cl2N4O4/c1-21-18-27(19-22(2)36(21)42)50-17-9-12-29-30-14-15-31(41)35(33-24(4)43-44(6)25(33)5)37(30)46-23(3)20-45(39(47)38(29)46)32-16-13-26-10-7-8-11-28(26)34(32)40(48)49/h7-8,10-11,13-16,18-19,23H,9,12,17,20H2,1-6H3,(H,48,49)/t23-/m1/s1. The fraction of sp³-hybridized carbons (Fsp3) is 0.275. The van der Waals surface area contributed by atoms with Gasteiger partial charge in [0.1, 0.15) is 11.4 Å². The number of carbonyl (C=O) groups is 2. The number of aryl methyl sites for hydroxylation is 5. The molecule has 1 N–H and O–H groups in total. The zero-order chi connectivity index (χ0) is 35.6. The van der Waals surface area contributed by atoms with E-state index in [0.717, 1.165) is 66.3 Å². The number of aromatic carboxylic acids is 1. The van der Waals surface area contributed by atoms with Gasteiger partial charge in [-0.1, -0.05) is 59.6 Å². The maximum absolute atomic E-state index is 14.9. The number of hydrogen-bond acceptors (Lipinski definition) is 4. The van der Waals surface area contributed by atoms with E-state index >= 15 is 0 Å². The Morgan fingerprint density at radius 3 is 2.38 bits per heavy atom. The molecule has 50 heavy (non-hydrogen) atoms. The highest BCUT2D eigenvalue weighted by Crippen LogP contribution is 2.45. The van der Waals surface area contributed by atoms with Crippen molar-refractivity contribution in [3.63, 3.8) is 0 Å². The maximum Gasteiger partial charge on any atom is 0.338 e. The SMILES string of the molecule is Cc1cc(OCCCc2c3n(c4c(-c5c(C)nn(C)c5C)c(Cl)ccc24)[C@H](C)CN(c2ccc4ccccc4c2C(=O)O)C3=O)cc(C)c1Cl. The summed E-state index contributed by atoms with van der Waals surface area (Å²) in [4.78, 5) is 29.3. The molecule has 3 heterocycles. The molecule has 0 unspecified atom stereocenters. The van der Waals surface area contributed by atoms with Crippen molar-refractivity contribution >= 4 is 62.4 Å². The molecule has 1 atom stereocenters.